The third-order valence-electron chi connectivity index (χ3n) is 8.28. The molecule has 0 aromatic carbocycles. The molecule has 6 heteroatoms. The Labute approximate surface area is 224 Å². The van der Waals surface area contributed by atoms with Crippen LogP contribution in [0.4, 0.5) is 0 Å². The molecule has 1 unspecified atom stereocenters. The van der Waals surface area contributed by atoms with E-state index in [4.69, 9.17) is 0 Å². The molecular weight excluding hydrogens is 444 g/mol. The van der Waals surface area contributed by atoms with Gasteiger partial charge in [0.25, 0.3) is 0 Å². The molecular formula is C30H60N6. The predicted octanol–water partition coefficient (Wildman–Crippen LogP) is 4.60. The zero-order valence-electron chi connectivity index (χ0n) is 25.1. The van der Waals surface area contributed by atoms with Crippen molar-refractivity contribution in [2.24, 2.45) is 16.3 Å². The van der Waals surface area contributed by atoms with Crippen LogP contribution in [0.2, 0.25) is 0 Å². The van der Waals surface area contributed by atoms with E-state index in [0.717, 1.165) is 69.9 Å². The number of nitrogens with zero attached hydrogens (tertiary/aromatic N) is 2. The average molecular weight is 505 g/mol. The van der Waals surface area contributed by atoms with Crippen molar-refractivity contribution in [2.45, 2.75) is 91.6 Å². The van der Waals surface area contributed by atoms with Gasteiger partial charge in [0.2, 0.25) is 0 Å². The molecule has 1 rings (SSSR count). The first kappa shape index (κ1) is 32.8. The van der Waals surface area contributed by atoms with Crippen molar-refractivity contribution in [3.05, 3.63) is 23.8 Å². The van der Waals surface area contributed by atoms with Gasteiger partial charge in [0.05, 0.1) is 0 Å². The van der Waals surface area contributed by atoms with Gasteiger partial charge in [-0.25, -0.2) is 0 Å². The van der Waals surface area contributed by atoms with Gasteiger partial charge in [-0.1, -0.05) is 45.4 Å². The first-order valence-corrected chi connectivity index (χ1v) is 14.6. The van der Waals surface area contributed by atoms with Crippen molar-refractivity contribution in [3.8, 4) is 0 Å². The Balaban J connectivity index is 2.63. The van der Waals surface area contributed by atoms with Gasteiger partial charge in [0.1, 0.15) is 5.84 Å². The number of nitrogens with one attached hydrogen (secondary N) is 4. The highest BCUT2D eigenvalue weighted by molar-refractivity contribution is 5.98. The highest BCUT2D eigenvalue weighted by Gasteiger charge is 2.33. The van der Waals surface area contributed by atoms with E-state index >= 15 is 0 Å². The lowest BCUT2D eigenvalue weighted by Crippen LogP contribution is -2.45. The first-order valence-electron chi connectivity index (χ1n) is 14.6. The zero-order chi connectivity index (χ0) is 26.8. The molecule has 0 aliphatic heterocycles. The van der Waals surface area contributed by atoms with Gasteiger partial charge in [-0.3, -0.25) is 9.89 Å². The molecule has 0 radical (unpaired) electrons. The summed E-state index contributed by atoms with van der Waals surface area (Å²) in [6.07, 6.45) is 15.4. The molecule has 1 fully saturated rings. The zero-order valence-corrected chi connectivity index (χ0v) is 25.1. The van der Waals surface area contributed by atoms with E-state index in [9.17, 15) is 0 Å². The van der Waals surface area contributed by atoms with Gasteiger partial charge in [-0.2, -0.15) is 0 Å². The second kappa shape index (κ2) is 18.9. The summed E-state index contributed by atoms with van der Waals surface area (Å²) in [5.74, 6) is 1.88. The molecule has 0 amide bonds. The number of hydrogen-bond donors (Lipinski definition) is 4. The Kier molecular flexibility index (Phi) is 17.3. The average Bonchev–Trinajstić information content (AvgIpc) is 2.89. The quantitative estimate of drug-likeness (QED) is 0.0951. The minimum Gasteiger partial charge on any atom is -0.370 e. The molecule has 210 valence electrons. The second-order valence-corrected chi connectivity index (χ2v) is 11.2. The van der Waals surface area contributed by atoms with E-state index in [0.29, 0.717) is 11.5 Å². The fraction of sp³-hybridized carbons (Fsp3) is 0.833. The second-order valence-electron chi connectivity index (χ2n) is 11.2. The summed E-state index contributed by atoms with van der Waals surface area (Å²) in [4.78, 5) is 7.31. The standard InChI is InChI=1S/C30H60N6/c1-9-11-13-26(29(33-8)34-20-12-19-31-6)24-35-25(3)18-22-36(23-21-32-7)28-16-14-27(15-17-28)30(4,5)10-2/h9,11,13,25,27-28,31-32,35H,10,12,14-24H2,1-8H3,(H,33,34)/b11-9-,26-13+. The van der Waals surface area contributed by atoms with Crippen molar-refractivity contribution in [2.75, 3.05) is 60.4 Å². The first-order chi connectivity index (χ1) is 17.3. The fourth-order valence-electron chi connectivity index (χ4n) is 5.23. The van der Waals surface area contributed by atoms with Crippen LogP contribution in [0.15, 0.2) is 28.8 Å². The smallest absolute Gasteiger partial charge is 0.125 e. The molecule has 0 bridgehead atoms. The molecule has 1 aliphatic carbocycles. The topological polar surface area (TPSA) is 63.7 Å². The summed E-state index contributed by atoms with van der Waals surface area (Å²) < 4.78 is 0. The Bertz CT molecular complexity index is 646. The normalized spacial score (nSPS) is 20.9. The molecule has 0 aromatic rings. The fourth-order valence-corrected chi connectivity index (χ4v) is 5.23. The third kappa shape index (κ3) is 12.4. The minimum atomic E-state index is 0.453. The summed E-state index contributed by atoms with van der Waals surface area (Å²) in [5.41, 5.74) is 1.70. The van der Waals surface area contributed by atoms with E-state index in [1.54, 1.807) is 0 Å². The maximum absolute atomic E-state index is 4.54. The summed E-state index contributed by atoms with van der Waals surface area (Å²) >= 11 is 0. The van der Waals surface area contributed by atoms with Gasteiger partial charge in [-0.15, -0.1) is 0 Å². The Morgan fingerprint density at radius 1 is 1.06 bits per heavy atom. The number of likely N-dealkylation sites (N-methyl/N-ethyl adjacent to an activating group) is 1. The van der Waals surface area contributed by atoms with Gasteiger partial charge in [-0.05, 0) is 90.9 Å². The van der Waals surface area contributed by atoms with Gasteiger partial charge in [0.15, 0.2) is 0 Å². The van der Waals surface area contributed by atoms with Crippen LogP contribution in [0.3, 0.4) is 0 Å². The van der Waals surface area contributed by atoms with Gasteiger partial charge in [0, 0.05) is 50.9 Å². The van der Waals surface area contributed by atoms with E-state index in [1.165, 1.54) is 37.7 Å². The lowest BCUT2D eigenvalue weighted by atomic mass is 9.68. The van der Waals surface area contributed by atoms with Crippen molar-refractivity contribution in [1.82, 2.24) is 26.2 Å². The summed E-state index contributed by atoms with van der Waals surface area (Å²) in [7, 11) is 5.94. The van der Waals surface area contributed by atoms with Crippen LogP contribution in [0, 0.1) is 11.3 Å². The van der Waals surface area contributed by atoms with Crippen LogP contribution in [-0.4, -0.2) is 83.2 Å². The molecule has 6 nitrogen and oxygen atoms in total. The number of amidine groups is 1. The van der Waals surface area contributed by atoms with Crippen LogP contribution in [0.1, 0.15) is 79.6 Å². The van der Waals surface area contributed by atoms with Crippen LogP contribution in [0.5, 0.6) is 0 Å². The maximum Gasteiger partial charge on any atom is 0.125 e. The molecule has 1 aliphatic rings. The van der Waals surface area contributed by atoms with Crippen molar-refractivity contribution in [1.29, 1.82) is 0 Å². The molecule has 0 heterocycles. The number of allylic oxidation sites excluding steroid dienone is 3. The molecule has 1 atom stereocenters. The molecule has 0 spiro atoms. The van der Waals surface area contributed by atoms with Gasteiger partial charge >= 0.3 is 0 Å². The van der Waals surface area contributed by atoms with Crippen LogP contribution < -0.4 is 21.3 Å². The molecule has 0 saturated heterocycles. The lowest BCUT2D eigenvalue weighted by molar-refractivity contribution is 0.0837. The van der Waals surface area contributed by atoms with E-state index in [-0.39, 0.29) is 0 Å². The monoisotopic (exact) mass is 504 g/mol. The lowest BCUT2D eigenvalue weighted by Gasteiger charge is -2.42. The minimum absolute atomic E-state index is 0.453. The summed E-state index contributed by atoms with van der Waals surface area (Å²) in [6.45, 7) is 17.8. The van der Waals surface area contributed by atoms with E-state index in [2.05, 4.69) is 91.1 Å². The molecule has 0 aromatic heterocycles. The Morgan fingerprint density at radius 2 is 1.75 bits per heavy atom. The molecule has 36 heavy (non-hydrogen) atoms. The maximum atomic E-state index is 4.54. The van der Waals surface area contributed by atoms with Gasteiger partial charge < -0.3 is 21.3 Å². The van der Waals surface area contributed by atoms with Crippen LogP contribution in [-0.2, 0) is 0 Å². The largest absolute Gasteiger partial charge is 0.370 e. The number of rotatable bonds is 18. The Hall–Kier alpha value is -1.21. The summed E-state index contributed by atoms with van der Waals surface area (Å²) in [5, 5.41) is 13.9. The van der Waals surface area contributed by atoms with E-state index in [1.807, 2.05) is 14.1 Å². The van der Waals surface area contributed by atoms with E-state index < -0.39 is 0 Å². The van der Waals surface area contributed by atoms with Crippen molar-refractivity contribution in [3.63, 3.8) is 0 Å². The van der Waals surface area contributed by atoms with Crippen molar-refractivity contribution >= 4 is 5.84 Å². The summed E-state index contributed by atoms with van der Waals surface area (Å²) in [6, 6.07) is 1.19. The van der Waals surface area contributed by atoms with Crippen LogP contribution >= 0.6 is 0 Å². The van der Waals surface area contributed by atoms with Crippen LogP contribution in [0.25, 0.3) is 0 Å². The Morgan fingerprint density at radius 3 is 2.33 bits per heavy atom. The third-order valence-corrected chi connectivity index (χ3v) is 8.28. The van der Waals surface area contributed by atoms with Crippen molar-refractivity contribution < 1.29 is 0 Å². The molecule has 4 N–H and O–H groups in total. The predicted molar refractivity (Wildman–Crippen MR) is 160 cm³/mol. The highest BCUT2D eigenvalue weighted by Crippen LogP contribution is 2.41. The number of hydrogen-bond acceptors (Lipinski definition) is 5. The number of aliphatic imine (C=N–C) groups is 1. The highest BCUT2D eigenvalue weighted by atomic mass is 15.2. The molecule has 1 saturated carbocycles. The SMILES string of the molecule is C/C=C\C=C(/CNC(C)CCN(CCNC)C1CCC(C(C)(C)CC)CC1)C(=NC)NCCCNC.